The molecule has 0 aliphatic carbocycles. The summed E-state index contributed by atoms with van der Waals surface area (Å²) in [4.78, 5) is 39.1. The Balaban J connectivity index is 1.49. The number of rotatable bonds is 9. The number of hydrogen-bond donors (Lipinski definition) is 1. The molecular formula is C31H42N2O5. The molecule has 2 aromatic carbocycles. The summed E-state index contributed by atoms with van der Waals surface area (Å²) in [5.41, 5.74) is 1.57. The van der Waals surface area contributed by atoms with E-state index in [1.165, 1.54) is 10.5 Å². The van der Waals surface area contributed by atoms with Crippen molar-refractivity contribution < 1.29 is 23.9 Å². The number of amides is 3. The Labute approximate surface area is 226 Å². The van der Waals surface area contributed by atoms with Crippen LogP contribution in [0.4, 0.5) is 4.79 Å². The highest BCUT2D eigenvalue weighted by Crippen LogP contribution is 2.25. The zero-order valence-corrected chi connectivity index (χ0v) is 24.0. The summed E-state index contributed by atoms with van der Waals surface area (Å²) < 4.78 is 11.3. The first-order valence-corrected chi connectivity index (χ1v) is 13.3. The second-order valence-corrected chi connectivity index (χ2v) is 12.5. The number of esters is 1. The Morgan fingerprint density at radius 1 is 0.868 bits per heavy atom. The van der Waals surface area contributed by atoms with Gasteiger partial charge in [-0.25, -0.2) is 9.59 Å². The fraction of sp³-hybridized carbons (Fsp3) is 0.516. The SMILES string of the molecule is CC(C)(C)OC(=O)C(C)(C)Oc1ccc(CCCC2NC(=O)N(Cc3ccc(C(C)(C)C)cc3)C2=O)cc1. The summed E-state index contributed by atoms with van der Waals surface area (Å²) in [5, 5.41) is 2.83. The fourth-order valence-corrected chi connectivity index (χ4v) is 4.19. The van der Waals surface area contributed by atoms with Crippen LogP contribution in [-0.2, 0) is 32.7 Å². The van der Waals surface area contributed by atoms with Gasteiger partial charge in [0.2, 0.25) is 0 Å². The molecule has 2 aromatic rings. The van der Waals surface area contributed by atoms with E-state index < -0.39 is 23.2 Å². The van der Waals surface area contributed by atoms with Gasteiger partial charge in [-0.15, -0.1) is 0 Å². The zero-order valence-electron chi connectivity index (χ0n) is 24.0. The fourth-order valence-electron chi connectivity index (χ4n) is 4.19. The number of nitrogens with zero attached hydrogens (tertiary/aromatic N) is 1. The number of aryl methyl sites for hydroxylation is 1. The van der Waals surface area contributed by atoms with Crippen molar-refractivity contribution >= 4 is 17.9 Å². The lowest BCUT2D eigenvalue weighted by atomic mass is 9.87. The van der Waals surface area contributed by atoms with Gasteiger partial charge in [0.1, 0.15) is 17.4 Å². The van der Waals surface area contributed by atoms with Gasteiger partial charge in [0, 0.05) is 0 Å². The van der Waals surface area contributed by atoms with Crippen molar-refractivity contribution in [2.24, 2.45) is 0 Å². The predicted octanol–water partition coefficient (Wildman–Crippen LogP) is 5.93. The van der Waals surface area contributed by atoms with E-state index in [1.54, 1.807) is 13.8 Å². The van der Waals surface area contributed by atoms with Gasteiger partial charge < -0.3 is 14.8 Å². The molecule has 206 valence electrons. The molecular weight excluding hydrogens is 480 g/mol. The van der Waals surface area contributed by atoms with Gasteiger partial charge in [0.05, 0.1) is 6.54 Å². The third-order valence-electron chi connectivity index (χ3n) is 6.41. The molecule has 3 amide bonds. The average molecular weight is 523 g/mol. The number of imide groups is 1. The molecule has 1 unspecified atom stereocenters. The summed E-state index contributed by atoms with van der Waals surface area (Å²) in [6, 6.07) is 14.8. The lowest BCUT2D eigenvalue weighted by Crippen LogP contribution is -2.43. The molecule has 1 atom stereocenters. The van der Waals surface area contributed by atoms with E-state index in [9.17, 15) is 14.4 Å². The molecule has 0 bridgehead atoms. The van der Waals surface area contributed by atoms with Crippen LogP contribution in [0, 0.1) is 0 Å². The summed E-state index contributed by atoms with van der Waals surface area (Å²) in [5.74, 6) is -0.0228. The Bertz CT molecular complexity index is 1140. The van der Waals surface area contributed by atoms with Gasteiger partial charge in [-0.2, -0.15) is 0 Å². The number of ether oxygens (including phenoxy) is 2. The van der Waals surface area contributed by atoms with Crippen molar-refractivity contribution in [1.29, 1.82) is 0 Å². The third kappa shape index (κ3) is 7.83. The summed E-state index contributed by atoms with van der Waals surface area (Å²) in [7, 11) is 0. The Kier molecular flexibility index (Phi) is 8.59. The van der Waals surface area contributed by atoms with E-state index in [-0.39, 0.29) is 23.9 Å². The zero-order chi connectivity index (χ0) is 28.3. The Hall–Kier alpha value is -3.35. The minimum absolute atomic E-state index is 0.0501. The topological polar surface area (TPSA) is 84.9 Å². The van der Waals surface area contributed by atoms with Gasteiger partial charge in [-0.05, 0) is 88.1 Å². The van der Waals surface area contributed by atoms with Gasteiger partial charge in [0.15, 0.2) is 5.60 Å². The lowest BCUT2D eigenvalue weighted by molar-refractivity contribution is -0.170. The van der Waals surface area contributed by atoms with Crippen LogP contribution in [0.5, 0.6) is 5.75 Å². The molecule has 1 saturated heterocycles. The summed E-state index contributed by atoms with van der Waals surface area (Å²) >= 11 is 0. The van der Waals surface area contributed by atoms with E-state index >= 15 is 0 Å². The second-order valence-electron chi connectivity index (χ2n) is 12.5. The quantitative estimate of drug-likeness (QED) is 0.326. The first-order chi connectivity index (χ1) is 17.5. The number of hydrogen-bond acceptors (Lipinski definition) is 5. The van der Waals surface area contributed by atoms with Crippen molar-refractivity contribution in [2.75, 3.05) is 0 Å². The molecule has 1 aliphatic rings. The van der Waals surface area contributed by atoms with Crippen LogP contribution in [0.1, 0.15) is 84.9 Å². The number of nitrogens with one attached hydrogen (secondary N) is 1. The van der Waals surface area contributed by atoms with E-state index in [0.717, 1.165) is 24.0 Å². The molecule has 7 nitrogen and oxygen atoms in total. The molecule has 38 heavy (non-hydrogen) atoms. The van der Waals surface area contributed by atoms with Crippen molar-refractivity contribution in [1.82, 2.24) is 10.2 Å². The van der Waals surface area contributed by atoms with Crippen molar-refractivity contribution in [3.05, 3.63) is 65.2 Å². The van der Waals surface area contributed by atoms with Gasteiger partial charge in [-0.1, -0.05) is 57.2 Å². The summed E-state index contributed by atoms with van der Waals surface area (Å²) in [6.45, 7) is 15.6. The van der Waals surface area contributed by atoms with Crippen molar-refractivity contribution in [3.63, 3.8) is 0 Å². The van der Waals surface area contributed by atoms with Crippen LogP contribution >= 0.6 is 0 Å². The first-order valence-electron chi connectivity index (χ1n) is 13.3. The van der Waals surface area contributed by atoms with Gasteiger partial charge in [0.25, 0.3) is 5.91 Å². The number of urea groups is 1. The van der Waals surface area contributed by atoms with Gasteiger partial charge in [-0.3, -0.25) is 9.69 Å². The van der Waals surface area contributed by atoms with Crippen molar-refractivity contribution in [2.45, 2.75) is 104 Å². The number of carbonyl (C=O) groups excluding carboxylic acids is 3. The minimum atomic E-state index is -1.11. The molecule has 3 rings (SSSR count). The normalized spacial score (nSPS) is 16.4. The maximum atomic E-state index is 12.9. The average Bonchev–Trinajstić information content (AvgIpc) is 3.06. The van der Waals surface area contributed by atoms with Crippen LogP contribution in [0.25, 0.3) is 0 Å². The molecule has 1 fully saturated rings. The van der Waals surface area contributed by atoms with Crippen molar-refractivity contribution in [3.8, 4) is 5.75 Å². The molecule has 0 spiro atoms. The third-order valence-corrected chi connectivity index (χ3v) is 6.41. The maximum Gasteiger partial charge on any atom is 0.350 e. The largest absolute Gasteiger partial charge is 0.476 e. The summed E-state index contributed by atoms with van der Waals surface area (Å²) in [6.07, 6.45) is 2.06. The monoisotopic (exact) mass is 522 g/mol. The van der Waals surface area contributed by atoms with Crippen LogP contribution in [0.3, 0.4) is 0 Å². The number of benzene rings is 2. The van der Waals surface area contributed by atoms with Crippen LogP contribution in [0.2, 0.25) is 0 Å². The first kappa shape index (κ1) is 29.2. The molecule has 7 heteroatoms. The molecule has 1 aliphatic heterocycles. The molecule has 1 N–H and O–H groups in total. The van der Waals surface area contributed by atoms with E-state index in [4.69, 9.17) is 9.47 Å². The van der Waals surface area contributed by atoms with E-state index in [2.05, 4.69) is 38.2 Å². The molecule has 0 radical (unpaired) electrons. The highest BCUT2D eigenvalue weighted by Gasteiger charge is 2.37. The highest BCUT2D eigenvalue weighted by atomic mass is 16.6. The van der Waals surface area contributed by atoms with Crippen LogP contribution in [0.15, 0.2) is 48.5 Å². The Morgan fingerprint density at radius 3 is 2.00 bits per heavy atom. The smallest absolute Gasteiger partial charge is 0.350 e. The second kappa shape index (κ2) is 11.2. The maximum absolute atomic E-state index is 12.9. The lowest BCUT2D eigenvalue weighted by Gasteiger charge is -2.29. The number of carbonyl (C=O) groups is 3. The Morgan fingerprint density at radius 2 is 1.45 bits per heavy atom. The molecule has 0 aromatic heterocycles. The van der Waals surface area contributed by atoms with Crippen LogP contribution in [-0.4, -0.2) is 40.1 Å². The highest BCUT2D eigenvalue weighted by molar-refractivity contribution is 6.04. The van der Waals surface area contributed by atoms with Gasteiger partial charge >= 0.3 is 12.0 Å². The standard InChI is InChI=1S/C31H42N2O5/c1-29(2,3)23-16-12-22(13-17-23)20-33-26(34)25(32-28(33)36)11-9-10-21-14-18-24(19-15-21)37-31(7,8)27(35)38-30(4,5)6/h12-19,25H,9-11,20H2,1-8H3,(H,32,36). The van der Waals surface area contributed by atoms with Crippen LogP contribution < -0.4 is 10.1 Å². The molecule has 1 heterocycles. The molecule has 0 saturated carbocycles. The minimum Gasteiger partial charge on any atom is -0.476 e. The van der Waals surface area contributed by atoms with E-state index in [0.29, 0.717) is 12.2 Å². The van der Waals surface area contributed by atoms with E-state index in [1.807, 2.05) is 57.2 Å². The predicted molar refractivity (Wildman–Crippen MR) is 148 cm³/mol.